The number of nitrogens with zero attached hydrogens (tertiary/aromatic N) is 4. The molecular formula is C20H17F2N5. The maximum atomic E-state index is 13.4. The van der Waals surface area contributed by atoms with Crippen LogP contribution in [0.4, 0.5) is 8.78 Å². The van der Waals surface area contributed by atoms with Crippen molar-refractivity contribution in [1.82, 2.24) is 20.0 Å². The van der Waals surface area contributed by atoms with Crippen LogP contribution in [0, 0.1) is 18.6 Å². The topological polar surface area (TPSA) is 69.6 Å². The maximum Gasteiger partial charge on any atom is 0.156 e. The zero-order valence-corrected chi connectivity index (χ0v) is 14.6. The lowest BCUT2D eigenvalue weighted by Gasteiger charge is -2.15. The van der Waals surface area contributed by atoms with Crippen LogP contribution in [0.1, 0.15) is 22.9 Å². The van der Waals surface area contributed by atoms with E-state index < -0.39 is 17.7 Å². The third kappa shape index (κ3) is 3.41. The highest BCUT2D eigenvalue weighted by Gasteiger charge is 2.16. The fourth-order valence-corrected chi connectivity index (χ4v) is 3.14. The molecule has 0 fully saturated rings. The number of aryl methyl sites for hydroxylation is 1. The van der Waals surface area contributed by atoms with Gasteiger partial charge in [-0.2, -0.15) is 4.68 Å². The number of halogens is 2. The molecule has 4 rings (SSSR count). The molecular weight excluding hydrogens is 348 g/mol. The molecule has 0 amide bonds. The van der Waals surface area contributed by atoms with Gasteiger partial charge in [0.1, 0.15) is 17.2 Å². The average Bonchev–Trinajstić information content (AvgIpc) is 3.05. The molecule has 2 aromatic carbocycles. The average molecular weight is 365 g/mol. The molecule has 1 unspecified atom stereocenters. The number of aromatic nitrogens is 4. The van der Waals surface area contributed by atoms with Crippen LogP contribution in [0.15, 0.2) is 54.6 Å². The summed E-state index contributed by atoms with van der Waals surface area (Å²) in [5, 5.41) is 8.30. The number of hydrogen-bond donors (Lipinski definition) is 1. The van der Waals surface area contributed by atoms with Crippen molar-refractivity contribution in [2.75, 3.05) is 0 Å². The van der Waals surface area contributed by atoms with Gasteiger partial charge in [-0.25, -0.2) is 13.8 Å². The predicted octanol–water partition coefficient (Wildman–Crippen LogP) is 3.64. The van der Waals surface area contributed by atoms with Crippen LogP contribution in [-0.2, 0) is 6.42 Å². The molecule has 0 saturated carbocycles. The third-order valence-corrected chi connectivity index (χ3v) is 4.42. The third-order valence-electron chi connectivity index (χ3n) is 4.42. The molecule has 0 aliphatic heterocycles. The van der Waals surface area contributed by atoms with Crippen LogP contribution < -0.4 is 5.73 Å². The van der Waals surface area contributed by atoms with Gasteiger partial charge in [0.25, 0.3) is 0 Å². The van der Waals surface area contributed by atoms with E-state index in [1.54, 1.807) is 4.68 Å². The smallest absolute Gasteiger partial charge is 0.156 e. The maximum absolute atomic E-state index is 13.4. The van der Waals surface area contributed by atoms with Crippen LogP contribution in [0.2, 0.25) is 0 Å². The Morgan fingerprint density at radius 2 is 1.78 bits per heavy atom. The van der Waals surface area contributed by atoms with E-state index in [4.69, 9.17) is 5.73 Å². The van der Waals surface area contributed by atoms with Crippen molar-refractivity contribution in [3.05, 3.63) is 83.1 Å². The molecule has 0 aliphatic rings. The summed E-state index contributed by atoms with van der Waals surface area (Å²) in [6.07, 6.45) is 0.268. The molecule has 5 nitrogen and oxygen atoms in total. The highest BCUT2D eigenvalue weighted by Crippen LogP contribution is 2.22. The van der Waals surface area contributed by atoms with Gasteiger partial charge in [-0.3, -0.25) is 0 Å². The standard InChI is InChI=1S/C20H17F2N5/c1-12-6-7-19(27-18-5-3-2-4-17(18)25-26-27)24-20(12)16(23)10-13-8-14(21)11-15(22)9-13/h2-9,11,16H,10,23H2,1H3. The molecule has 2 aromatic heterocycles. The Labute approximate surface area is 154 Å². The normalized spacial score (nSPS) is 12.4. The van der Waals surface area contributed by atoms with Gasteiger partial charge in [-0.05, 0) is 54.8 Å². The molecule has 0 radical (unpaired) electrons. The molecule has 27 heavy (non-hydrogen) atoms. The van der Waals surface area contributed by atoms with E-state index in [1.165, 1.54) is 12.1 Å². The van der Waals surface area contributed by atoms with E-state index in [2.05, 4.69) is 15.3 Å². The molecule has 0 bridgehead atoms. The SMILES string of the molecule is Cc1ccc(-n2nnc3ccccc32)nc1C(N)Cc1cc(F)cc(F)c1. The quantitative estimate of drug-likeness (QED) is 0.599. The summed E-state index contributed by atoms with van der Waals surface area (Å²) >= 11 is 0. The van der Waals surface area contributed by atoms with Gasteiger partial charge in [0.2, 0.25) is 0 Å². The number of nitrogens with two attached hydrogens (primary N) is 1. The number of para-hydroxylation sites is 1. The molecule has 2 N–H and O–H groups in total. The number of fused-ring (bicyclic) bond motifs is 1. The largest absolute Gasteiger partial charge is 0.322 e. The first-order valence-corrected chi connectivity index (χ1v) is 8.50. The van der Waals surface area contributed by atoms with Crippen molar-refractivity contribution in [3.8, 4) is 5.82 Å². The Kier molecular flexibility index (Phi) is 4.37. The zero-order valence-electron chi connectivity index (χ0n) is 14.6. The van der Waals surface area contributed by atoms with Crippen LogP contribution in [0.3, 0.4) is 0 Å². The predicted molar refractivity (Wildman–Crippen MR) is 98.4 cm³/mol. The second-order valence-electron chi connectivity index (χ2n) is 6.45. The highest BCUT2D eigenvalue weighted by atomic mass is 19.1. The van der Waals surface area contributed by atoms with E-state index in [0.29, 0.717) is 17.1 Å². The summed E-state index contributed by atoms with van der Waals surface area (Å²) in [6, 6.07) is 14.2. The Balaban J connectivity index is 1.70. The van der Waals surface area contributed by atoms with E-state index in [1.807, 2.05) is 43.3 Å². The second kappa shape index (κ2) is 6.85. The Bertz CT molecular complexity index is 1100. The second-order valence-corrected chi connectivity index (χ2v) is 6.45. The summed E-state index contributed by atoms with van der Waals surface area (Å²) in [7, 11) is 0. The lowest BCUT2D eigenvalue weighted by molar-refractivity contribution is 0.575. The zero-order chi connectivity index (χ0) is 19.0. The molecule has 0 aliphatic carbocycles. The molecule has 7 heteroatoms. The summed E-state index contributed by atoms with van der Waals surface area (Å²) in [4.78, 5) is 4.65. The van der Waals surface area contributed by atoms with Crippen molar-refractivity contribution >= 4 is 11.0 Å². The van der Waals surface area contributed by atoms with Crippen molar-refractivity contribution in [3.63, 3.8) is 0 Å². The summed E-state index contributed by atoms with van der Waals surface area (Å²) < 4.78 is 28.5. The Hall–Kier alpha value is -3.19. The molecule has 0 spiro atoms. The lowest BCUT2D eigenvalue weighted by atomic mass is 10.0. The van der Waals surface area contributed by atoms with Gasteiger partial charge in [-0.15, -0.1) is 5.10 Å². The molecule has 136 valence electrons. The van der Waals surface area contributed by atoms with Gasteiger partial charge in [0.05, 0.1) is 17.3 Å². The van der Waals surface area contributed by atoms with E-state index in [9.17, 15) is 8.78 Å². The van der Waals surface area contributed by atoms with Crippen LogP contribution >= 0.6 is 0 Å². The number of benzene rings is 2. The molecule has 1 atom stereocenters. The van der Waals surface area contributed by atoms with Gasteiger partial charge in [0, 0.05) is 6.07 Å². The highest BCUT2D eigenvalue weighted by molar-refractivity contribution is 5.75. The van der Waals surface area contributed by atoms with Gasteiger partial charge in [-0.1, -0.05) is 23.4 Å². The van der Waals surface area contributed by atoms with E-state index in [-0.39, 0.29) is 6.42 Å². The van der Waals surface area contributed by atoms with Crippen LogP contribution in [0.25, 0.3) is 16.9 Å². The van der Waals surface area contributed by atoms with E-state index in [0.717, 1.165) is 22.7 Å². The first-order valence-electron chi connectivity index (χ1n) is 8.50. The number of pyridine rings is 1. The van der Waals surface area contributed by atoms with Crippen molar-refractivity contribution < 1.29 is 8.78 Å². The van der Waals surface area contributed by atoms with Crippen molar-refractivity contribution in [2.45, 2.75) is 19.4 Å². The fraction of sp³-hybridized carbons (Fsp3) is 0.150. The molecule has 4 aromatic rings. The first-order chi connectivity index (χ1) is 13.0. The van der Waals surface area contributed by atoms with E-state index >= 15 is 0 Å². The summed E-state index contributed by atoms with van der Waals surface area (Å²) in [5.41, 5.74) is 9.94. The minimum atomic E-state index is -0.621. The number of rotatable bonds is 4. The van der Waals surface area contributed by atoms with Gasteiger partial charge >= 0.3 is 0 Å². The fourth-order valence-electron chi connectivity index (χ4n) is 3.14. The summed E-state index contributed by atoms with van der Waals surface area (Å²) in [6.45, 7) is 1.90. The van der Waals surface area contributed by atoms with Gasteiger partial charge < -0.3 is 5.73 Å². The Morgan fingerprint density at radius 1 is 1.04 bits per heavy atom. The molecule has 0 saturated heterocycles. The summed E-state index contributed by atoms with van der Waals surface area (Å²) in [5.74, 6) is -0.653. The monoisotopic (exact) mass is 365 g/mol. The molecule has 2 heterocycles. The first kappa shape index (κ1) is 17.2. The van der Waals surface area contributed by atoms with Crippen LogP contribution in [0.5, 0.6) is 0 Å². The minimum Gasteiger partial charge on any atom is -0.322 e. The van der Waals surface area contributed by atoms with Crippen molar-refractivity contribution in [2.24, 2.45) is 5.73 Å². The minimum absolute atomic E-state index is 0.268. The Morgan fingerprint density at radius 3 is 2.56 bits per heavy atom. The van der Waals surface area contributed by atoms with Crippen LogP contribution in [-0.4, -0.2) is 20.0 Å². The number of hydrogen-bond acceptors (Lipinski definition) is 4. The lowest BCUT2D eigenvalue weighted by Crippen LogP contribution is -2.18. The van der Waals surface area contributed by atoms with Crippen molar-refractivity contribution in [1.29, 1.82) is 0 Å². The van der Waals surface area contributed by atoms with Gasteiger partial charge in [0.15, 0.2) is 5.82 Å².